The molecule has 0 saturated heterocycles. The molecule has 1 aromatic rings. The van der Waals surface area contributed by atoms with Crippen molar-refractivity contribution in [3.8, 4) is 0 Å². The molecule has 0 aliphatic carbocycles. The first-order valence-electron chi connectivity index (χ1n) is 4.64. The molecule has 0 bridgehead atoms. The van der Waals surface area contributed by atoms with Crippen LogP contribution in [0.2, 0.25) is 5.15 Å². The van der Waals surface area contributed by atoms with Crippen LogP contribution < -0.4 is 0 Å². The number of hydrogen-bond acceptors (Lipinski definition) is 7. The lowest BCUT2D eigenvalue weighted by molar-refractivity contribution is -0.140. The van der Waals surface area contributed by atoms with Crippen molar-refractivity contribution in [3.05, 3.63) is 16.9 Å². The molecule has 0 saturated carbocycles. The maximum Gasteiger partial charge on any atom is 0.330 e. The van der Waals surface area contributed by atoms with Crippen LogP contribution in [0.1, 0.15) is 10.9 Å². The van der Waals surface area contributed by atoms with Crippen molar-refractivity contribution in [2.24, 2.45) is 0 Å². The molecule has 1 heterocycles. The van der Waals surface area contributed by atoms with E-state index in [0.29, 0.717) is 0 Å². The van der Waals surface area contributed by atoms with E-state index < -0.39 is 21.1 Å². The third-order valence-corrected chi connectivity index (χ3v) is 4.02. The molecule has 0 amide bonds. The molecule has 0 radical (unpaired) electrons. The summed E-state index contributed by atoms with van der Waals surface area (Å²) in [5.74, 6) is -0.903. The van der Waals surface area contributed by atoms with Gasteiger partial charge >= 0.3 is 5.97 Å². The molecule has 100 valence electrons. The van der Waals surface area contributed by atoms with Gasteiger partial charge in [0, 0.05) is 6.26 Å². The van der Waals surface area contributed by atoms with E-state index >= 15 is 0 Å². The number of esters is 1. The fraction of sp³-hybridized carbons (Fsp3) is 0.444. The first-order chi connectivity index (χ1) is 8.29. The number of sulfone groups is 1. The van der Waals surface area contributed by atoms with Gasteiger partial charge in [-0.3, -0.25) is 4.79 Å². The van der Waals surface area contributed by atoms with Crippen molar-refractivity contribution >= 4 is 39.2 Å². The molecule has 0 aliphatic heterocycles. The normalized spacial score (nSPS) is 13.1. The molecule has 1 unspecified atom stereocenters. The van der Waals surface area contributed by atoms with E-state index in [1.54, 1.807) is 6.26 Å². The van der Waals surface area contributed by atoms with Crippen molar-refractivity contribution in [1.82, 2.24) is 9.97 Å². The minimum Gasteiger partial charge on any atom is -0.468 e. The Balaban J connectivity index is 3.39. The maximum atomic E-state index is 11.6. The van der Waals surface area contributed by atoms with Gasteiger partial charge in [-0.15, -0.1) is 0 Å². The summed E-state index contributed by atoms with van der Waals surface area (Å²) in [6, 6.07) is 1.24. The fourth-order valence-corrected chi connectivity index (χ4v) is 2.89. The van der Waals surface area contributed by atoms with E-state index in [4.69, 9.17) is 11.6 Å². The molecule has 18 heavy (non-hydrogen) atoms. The highest BCUT2D eigenvalue weighted by atomic mass is 35.5. The lowest BCUT2D eigenvalue weighted by Crippen LogP contribution is -2.24. The second kappa shape index (κ2) is 5.85. The number of carbonyl (C=O) groups is 1. The topological polar surface area (TPSA) is 86.2 Å². The fourth-order valence-electron chi connectivity index (χ4n) is 1.26. The van der Waals surface area contributed by atoms with E-state index in [1.807, 2.05) is 0 Å². The summed E-state index contributed by atoms with van der Waals surface area (Å²) in [4.78, 5) is 19.4. The summed E-state index contributed by atoms with van der Waals surface area (Å²) >= 11 is 6.95. The highest BCUT2D eigenvalue weighted by Crippen LogP contribution is 2.25. The molecule has 1 aromatic heterocycles. The summed E-state index contributed by atoms with van der Waals surface area (Å²) < 4.78 is 27.7. The van der Waals surface area contributed by atoms with Crippen LogP contribution in [0.25, 0.3) is 0 Å². The summed E-state index contributed by atoms with van der Waals surface area (Å²) in [6.07, 6.45) is 2.65. The number of aromatic nitrogens is 2. The highest BCUT2D eigenvalue weighted by molar-refractivity contribution is 7.98. The van der Waals surface area contributed by atoms with Gasteiger partial charge in [-0.1, -0.05) is 23.4 Å². The second-order valence-corrected chi connectivity index (χ2v) is 6.63. The molecule has 0 N–H and O–H groups in total. The predicted octanol–water partition coefficient (Wildman–Crippen LogP) is 1.11. The largest absolute Gasteiger partial charge is 0.468 e. The Labute approximate surface area is 114 Å². The van der Waals surface area contributed by atoms with Crippen LogP contribution in [-0.2, 0) is 19.4 Å². The van der Waals surface area contributed by atoms with Gasteiger partial charge in [0.05, 0.1) is 12.8 Å². The zero-order valence-corrected chi connectivity index (χ0v) is 12.3. The molecule has 0 aliphatic rings. The Bertz CT molecular complexity index is 562. The average Bonchev–Trinajstić information content (AvgIpc) is 2.26. The van der Waals surface area contributed by atoms with E-state index in [0.717, 1.165) is 13.4 Å². The lowest BCUT2D eigenvalue weighted by Gasteiger charge is -2.12. The summed E-state index contributed by atoms with van der Waals surface area (Å²) in [5, 5.41) is -1.13. The van der Waals surface area contributed by atoms with Gasteiger partial charge in [-0.05, 0) is 12.3 Å². The molecule has 6 nitrogen and oxygen atoms in total. The standard InChI is InChI=1S/C9H11ClN2O4S2/c1-16-8(13)7(18(3,14)15)5-4-6(10)12-9(11-5)17-2/h4,7H,1-3H3. The van der Waals surface area contributed by atoms with Gasteiger partial charge in [-0.25, -0.2) is 18.4 Å². The molecule has 1 atom stereocenters. The summed E-state index contributed by atoms with van der Waals surface area (Å²) in [5.41, 5.74) is 0.00806. The monoisotopic (exact) mass is 310 g/mol. The Hall–Kier alpha value is -0.860. The van der Waals surface area contributed by atoms with Crippen LogP contribution in [0.15, 0.2) is 11.2 Å². The van der Waals surface area contributed by atoms with Gasteiger partial charge in [0.1, 0.15) is 5.15 Å². The smallest absolute Gasteiger partial charge is 0.330 e. The van der Waals surface area contributed by atoms with Crippen LogP contribution in [0, 0.1) is 0 Å². The van der Waals surface area contributed by atoms with Crippen molar-refractivity contribution in [2.45, 2.75) is 10.4 Å². The number of rotatable bonds is 4. The first kappa shape index (κ1) is 15.2. The zero-order valence-electron chi connectivity index (χ0n) is 9.88. The molecule has 0 fully saturated rings. The van der Waals surface area contributed by atoms with E-state index in [2.05, 4.69) is 14.7 Å². The molecule has 1 rings (SSSR count). The Kier molecular flexibility index (Phi) is 4.94. The number of carbonyl (C=O) groups excluding carboxylic acids is 1. The van der Waals surface area contributed by atoms with E-state index in [1.165, 1.54) is 17.8 Å². The van der Waals surface area contributed by atoms with E-state index in [9.17, 15) is 13.2 Å². The van der Waals surface area contributed by atoms with Crippen molar-refractivity contribution in [2.75, 3.05) is 19.6 Å². The lowest BCUT2D eigenvalue weighted by atomic mass is 10.3. The molecule has 0 aromatic carbocycles. The van der Waals surface area contributed by atoms with Gasteiger partial charge < -0.3 is 4.74 Å². The van der Waals surface area contributed by atoms with Crippen molar-refractivity contribution < 1.29 is 17.9 Å². The predicted molar refractivity (Wildman–Crippen MR) is 68.4 cm³/mol. The molecule has 9 heteroatoms. The number of halogens is 1. The number of hydrogen-bond donors (Lipinski definition) is 0. The maximum absolute atomic E-state index is 11.6. The number of ether oxygens (including phenoxy) is 1. The summed E-state index contributed by atoms with van der Waals surface area (Å²) in [6.45, 7) is 0. The number of nitrogens with zero attached hydrogens (tertiary/aromatic N) is 2. The van der Waals surface area contributed by atoms with Crippen LogP contribution in [0.3, 0.4) is 0 Å². The molecule has 0 spiro atoms. The zero-order chi connectivity index (χ0) is 13.9. The quantitative estimate of drug-likeness (QED) is 0.356. The minimum atomic E-state index is -3.70. The highest BCUT2D eigenvalue weighted by Gasteiger charge is 2.33. The van der Waals surface area contributed by atoms with Crippen LogP contribution >= 0.6 is 23.4 Å². The van der Waals surface area contributed by atoms with Gasteiger partial charge in [0.25, 0.3) is 0 Å². The Morgan fingerprint density at radius 3 is 2.56 bits per heavy atom. The number of thioether (sulfide) groups is 1. The minimum absolute atomic E-state index is 0.00806. The molecular formula is C9H11ClN2O4S2. The van der Waals surface area contributed by atoms with E-state index in [-0.39, 0.29) is 16.0 Å². The Morgan fingerprint density at radius 2 is 2.11 bits per heavy atom. The first-order valence-corrected chi connectivity index (χ1v) is 8.20. The van der Waals surface area contributed by atoms with Crippen LogP contribution in [0.5, 0.6) is 0 Å². The van der Waals surface area contributed by atoms with Gasteiger partial charge in [-0.2, -0.15) is 0 Å². The SMILES string of the molecule is COC(=O)C(c1cc(Cl)nc(SC)n1)S(C)(=O)=O. The van der Waals surface area contributed by atoms with Gasteiger partial charge in [0.15, 0.2) is 20.2 Å². The molecular weight excluding hydrogens is 300 g/mol. The number of methoxy groups -OCH3 is 1. The summed E-state index contributed by atoms with van der Waals surface area (Å²) in [7, 11) is -2.59. The van der Waals surface area contributed by atoms with Crippen molar-refractivity contribution in [3.63, 3.8) is 0 Å². The second-order valence-electron chi connectivity index (χ2n) is 3.33. The average molecular weight is 311 g/mol. The third kappa shape index (κ3) is 3.56. The Morgan fingerprint density at radius 1 is 1.50 bits per heavy atom. The third-order valence-electron chi connectivity index (χ3n) is 1.99. The van der Waals surface area contributed by atoms with Crippen LogP contribution in [0.4, 0.5) is 0 Å². The van der Waals surface area contributed by atoms with Crippen LogP contribution in [-0.4, -0.2) is 44.0 Å². The van der Waals surface area contributed by atoms with Gasteiger partial charge in [0.2, 0.25) is 0 Å². The van der Waals surface area contributed by atoms with Crippen molar-refractivity contribution in [1.29, 1.82) is 0 Å².